The molecule has 0 bridgehead atoms. The van der Waals surface area contributed by atoms with Crippen molar-refractivity contribution in [1.29, 1.82) is 0 Å². The van der Waals surface area contributed by atoms with Crippen molar-refractivity contribution in [1.82, 2.24) is 4.90 Å². The van der Waals surface area contributed by atoms with E-state index >= 15 is 0 Å². The van der Waals surface area contributed by atoms with Crippen LogP contribution >= 0.6 is 11.3 Å². The van der Waals surface area contributed by atoms with Gasteiger partial charge in [-0.15, -0.1) is 11.3 Å². The first-order valence-electron chi connectivity index (χ1n) is 7.05. The Bertz CT molecular complexity index is 479. The topological polar surface area (TPSA) is 57.6 Å². The van der Waals surface area contributed by atoms with Crippen LogP contribution in [0.2, 0.25) is 0 Å². The van der Waals surface area contributed by atoms with Gasteiger partial charge in [0.25, 0.3) is 5.91 Å². The average molecular weight is 297 g/mol. The summed E-state index contributed by atoms with van der Waals surface area (Å²) >= 11 is 1.51. The summed E-state index contributed by atoms with van der Waals surface area (Å²) < 4.78 is 0. The van der Waals surface area contributed by atoms with Crippen molar-refractivity contribution in [2.24, 2.45) is 0 Å². The third-order valence-electron chi connectivity index (χ3n) is 3.16. The van der Waals surface area contributed by atoms with E-state index in [1.807, 2.05) is 19.9 Å². The summed E-state index contributed by atoms with van der Waals surface area (Å²) in [5.41, 5.74) is 1.21. The van der Waals surface area contributed by atoms with Gasteiger partial charge >= 0.3 is 5.97 Å². The quantitative estimate of drug-likeness (QED) is 0.841. The zero-order chi connectivity index (χ0) is 15.3. The lowest BCUT2D eigenvalue weighted by atomic mass is 10.1. The fraction of sp³-hybridized carbons (Fsp3) is 0.600. The van der Waals surface area contributed by atoms with Crippen LogP contribution in [0.1, 0.15) is 54.2 Å². The van der Waals surface area contributed by atoms with Gasteiger partial charge in [-0.3, -0.25) is 9.59 Å². The molecule has 0 aromatic carbocycles. The van der Waals surface area contributed by atoms with Crippen LogP contribution in [0.3, 0.4) is 0 Å². The highest BCUT2D eigenvalue weighted by molar-refractivity contribution is 7.14. The molecule has 5 heteroatoms. The summed E-state index contributed by atoms with van der Waals surface area (Å²) in [7, 11) is 0. The molecule has 0 aliphatic heterocycles. The highest BCUT2D eigenvalue weighted by Gasteiger charge is 2.23. The van der Waals surface area contributed by atoms with Crippen LogP contribution in [0.4, 0.5) is 0 Å². The number of carbonyl (C=O) groups excluding carboxylic acids is 1. The Morgan fingerprint density at radius 1 is 1.35 bits per heavy atom. The van der Waals surface area contributed by atoms with Crippen molar-refractivity contribution in [3.8, 4) is 0 Å². The molecule has 0 spiro atoms. The normalized spacial score (nSPS) is 10.8. The van der Waals surface area contributed by atoms with Crippen LogP contribution in [0, 0.1) is 0 Å². The van der Waals surface area contributed by atoms with Crippen LogP contribution in [-0.4, -0.2) is 34.5 Å². The average Bonchev–Trinajstić information content (AvgIpc) is 2.78. The molecule has 4 nitrogen and oxygen atoms in total. The molecule has 0 unspecified atom stereocenters. The number of amides is 1. The van der Waals surface area contributed by atoms with E-state index < -0.39 is 5.97 Å². The number of carboxylic acids is 1. The monoisotopic (exact) mass is 297 g/mol. The van der Waals surface area contributed by atoms with Crippen molar-refractivity contribution in [3.05, 3.63) is 21.4 Å². The zero-order valence-electron chi connectivity index (χ0n) is 12.6. The standard InChI is InChI=1S/C15H23NO3S/c1-5-7-12-11(6-2)8-13(20-12)15(19)16(10(3)4)9-14(17)18/h8,10H,5-7,9H2,1-4H3,(H,17,18). The molecule has 0 radical (unpaired) electrons. The summed E-state index contributed by atoms with van der Waals surface area (Å²) in [4.78, 5) is 26.7. The molecule has 1 N–H and O–H groups in total. The molecule has 1 amide bonds. The molecule has 0 fully saturated rings. The van der Waals surface area contributed by atoms with E-state index in [9.17, 15) is 9.59 Å². The molecule has 20 heavy (non-hydrogen) atoms. The van der Waals surface area contributed by atoms with Crippen LogP contribution in [0.5, 0.6) is 0 Å². The Morgan fingerprint density at radius 2 is 2.00 bits per heavy atom. The van der Waals surface area contributed by atoms with E-state index in [-0.39, 0.29) is 18.5 Å². The van der Waals surface area contributed by atoms with E-state index in [1.54, 1.807) is 0 Å². The second-order valence-corrected chi connectivity index (χ2v) is 6.22. The number of hydrogen-bond acceptors (Lipinski definition) is 3. The van der Waals surface area contributed by atoms with Crippen LogP contribution in [0.15, 0.2) is 6.07 Å². The predicted octanol–water partition coefficient (Wildman–Crippen LogP) is 3.20. The van der Waals surface area contributed by atoms with E-state index in [1.165, 1.54) is 26.7 Å². The number of thiophene rings is 1. The zero-order valence-corrected chi connectivity index (χ0v) is 13.4. The van der Waals surface area contributed by atoms with Gasteiger partial charge in [-0.25, -0.2) is 0 Å². The Morgan fingerprint density at radius 3 is 2.45 bits per heavy atom. The maximum Gasteiger partial charge on any atom is 0.323 e. The van der Waals surface area contributed by atoms with Gasteiger partial charge in [-0.05, 0) is 38.3 Å². The summed E-state index contributed by atoms with van der Waals surface area (Å²) in [5, 5.41) is 8.93. The highest BCUT2D eigenvalue weighted by atomic mass is 32.1. The minimum Gasteiger partial charge on any atom is -0.480 e. The molecular formula is C15H23NO3S. The minimum absolute atomic E-state index is 0.125. The smallest absolute Gasteiger partial charge is 0.323 e. The molecule has 1 heterocycles. The van der Waals surface area contributed by atoms with Gasteiger partial charge in [0, 0.05) is 10.9 Å². The van der Waals surface area contributed by atoms with Gasteiger partial charge in [0.1, 0.15) is 6.54 Å². The highest BCUT2D eigenvalue weighted by Crippen LogP contribution is 2.26. The van der Waals surface area contributed by atoms with Crippen molar-refractivity contribution >= 4 is 23.2 Å². The summed E-state index contributed by atoms with van der Waals surface area (Å²) in [6.45, 7) is 7.61. The van der Waals surface area contributed by atoms with Gasteiger partial charge in [0.05, 0.1) is 4.88 Å². The SMILES string of the molecule is CCCc1sc(C(=O)N(CC(=O)O)C(C)C)cc1CC. The maximum atomic E-state index is 12.5. The van der Waals surface area contributed by atoms with Gasteiger partial charge < -0.3 is 10.0 Å². The number of nitrogens with zero attached hydrogens (tertiary/aromatic N) is 1. The molecule has 0 saturated carbocycles. The number of aliphatic carboxylic acids is 1. The lowest BCUT2D eigenvalue weighted by Gasteiger charge is -2.24. The van der Waals surface area contributed by atoms with Crippen molar-refractivity contribution in [2.45, 2.75) is 53.0 Å². The molecule has 1 rings (SSSR count). The summed E-state index contributed by atoms with van der Waals surface area (Å²) in [5.74, 6) is -1.16. The molecular weight excluding hydrogens is 274 g/mol. The molecule has 0 saturated heterocycles. The van der Waals surface area contributed by atoms with Gasteiger partial charge in [0.15, 0.2) is 0 Å². The lowest BCUT2D eigenvalue weighted by molar-refractivity contribution is -0.138. The van der Waals surface area contributed by atoms with Gasteiger partial charge in [-0.2, -0.15) is 0 Å². The Balaban J connectivity index is 3.02. The number of carbonyl (C=O) groups is 2. The first-order valence-corrected chi connectivity index (χ1v) is 7.86. The minimum atomic E-state index is -0.979. The van der Waals surface area contributed by atoms with E-state index in [0.29, 0.717) is 4.88 Å². The Kier molecular flexibility index (Phi) is 6.20. The summed E-state index contributed by atoms with van der Waals surface area (Å²) in [6.07, 6.45) is 2.92. The third-order valence-corrected chi connectivity index (χ3v) is 4.38. The lowest BCUT2D eigenvalue weighted by Crippen LogP contribution is -2.40. The second kappa shape index (κ2) is 7.43. The first-order chi connectivity index (χ1) is 9.40. The van der Waals surface area contributed by atoms with Crippen molar-refractivity contribution in [3.63, 3.8) is 0 Å². The Hall–Kier alpha value is -1.36. The fourth-order valence-corrected chi connectivity index (χ4v) is 3.40. The molecule has 112 valence electrons. The maximum absolute atomic E-state index is 12.5. The number of hydrogen-bond donors (Lipinski definition) is 1. The van der Waals surface area contributed by atoms with E-state index in [0.717, 1.165) is 19.3 Å². The van der Waals surface area contributed by atoms with Crippen LogP contribution in [-0.2, 0) is 17.6 Å². The number of aryl methyl sites for hydroxylation is 2. The number of carboxylic acid groups (broad SMARTS) is 1. The Labute approximate surface area is 124 Å². The molecule has 0 aliphatic rings. The van der Waals surface area contributed by atoms with Gasteiger partial charge in [-0.1, -0.05) is 20.3 Å². The van der Waals surface area contributed by atoms with Crippen molar-refractivity contribution < 1.29 is 14.7 Å². The van der Waals surface area contributed by atoms with Crippen LogP contribution < -0.4 is 0 Å². The first kappa shape index (κ1) is 16.7. The predicted molar refractivity (Wildman–Crippen MR) is 81.5 cm³/mol. The second-order valence-electron chi connectivity index (χ2n) is 5.08. The third kappa shape index (κ3) is 4.07. The van der Waals surface area contributed by atoms with Crippen LogP contribution in [0.25, 0.3) is 0 Å². The number of rotatable bonds is 7. The summed E-state index contributed by atoms with van der Waals surface area (Å²) in [6, 6.07) is 1.80. The largest absolute Gasteiger partial charge is 0.480 e. The van der Waals surface area contributed by atoms with E-state index in [2.05, 4.69) is 13.8 Å². The van der Waals surface area contributed by atoms with E-state index in [4.69, 9.17) is 5.11 Å². The molecule has 0 aliphatic carbocycles. The molecule has 1 aromatic heterocycles. The van der Waals surface area contributed by atoms with Crippen molar-refractivity contribution in [2.75, 3.05) is 6.54 Å². The fourth-order valence-electron chi connectivity index (χ4n) is 2.09. The molecule has 0 atom stereocenters. The molecule has 1 aromatic rings. The van der Waals surface area contributed by atoms with Gasteiger partial charge in [0.2, 0.25) is 0 Å².